The first-order valence-electron chi connectivity index (χ1n) is 11.6. The van der Waals surface area contributed by atoms with Crippen molar-refractivity contribution in [3.05, 3.63) is 36.0 Å². The minimum atomic E-state index is -0.836. The van der Waals surface area contributed by atoms with Gasteiger partial charge < -0.3 is 24.6 Å². The standard InChI is InChI=1S/C25H40ClNO5/c1-17(6-9-21-15-25(29,16-26)12-13-31-21)7-10-23-18(2)14-22(20(4)32-23)27-24(28)11-8-19(3)30-5/h6-9,11,18-23,29H,10,12-16H2,1-5H3,(H,27,28)/b9-6+,11-8-,17-7+. The van der Waals surface area contributed by atoms with Crippen molar-refractivity contribution in [1.29, 1.82) is 0 Å². The van der Waals surface area contributed by atoms with Crippen LogP contribution in [0, 0.1) is 5.92 Å². The second kappa shape index (κ2) is 12.9. The molecular formula is C25H40ClNO5. The van der Waals surface area contributed by atoms with Gasteiger partial charge in [-0.2, -0.15) is 0 Å². The Morgan fingerprint density at radius 3 is 2.81 bits per heavy atom. The van der Waals surface area contributed by atoms with E-state index in [-0.39, 0.29) is 42.2 Å². The van der Waals surface area contributed by atoms with Crippen LogP contribution < -0.4 is 5.32 Å². The largest absolute Gasteiger partial charge is 0.388 e. The maximum absolute atomic E-state index is 12.2. The van der Waals surface area contributed by atoms with Gasteiger partial charge in [-0.25, -0.2) is 0 Å². The fraction of sp³-hybridized carbons (Fsp3) is 0.720. The molecule has 2 saturated heterocycles. The van der Waals surface area contributed by atoms with E-state index in [1.807, 2.05) is 26.0 Å². The lowest BCUT2D eigenvalue weighted by atomic mass is 9.88. The minimum absolute atomic E-state index is 0.00893. The van der Waals surface area contributed by atoms with E-state index >= 15 is 0 Å². The molecule has 2 rings (SSSR count). The van der Waals surface area contributed by atoms with Crippen LogP contribution in [0.2, 0.25) is 0 Å². The molecule has 32 heavy (non-hydrogen) atoms. The van der Waals surface area contributed by atoms with Gasteiger partial charge in [0, 0.05) is 26.0 Å². The number of halogens is 1. The molecule has 2 aliphatic rings. The zero-order chi connectivity index (χ0) is 23.7. The van der Waals surface area contributed by atoms with E-state index in [4.69, 9.17) is 25.8 Å². The number of carbonyl (C=O) groups excluding carboxylic acids is 1. The smallest absolute Gasteiger partial charge is 0.244 e. The highest BCUT2D eigenvalue weighted by molar-refractivity contribution is 6.18. The van der Waals surface area contributed by atoms with Gasteiger partial charge in [0.05, 0.1) is 48.5 Å². The van der Waals surface area contributed by atoms with Crippen LogP contribution in [0.4, 0.5) is 0 Å². The van der Waals surface area contributed by atoms with Crippen LogP contribution in [0.5, 0.6) is 0 Å². The third-order valence-corrected chi connectivity index (χ3v) is 6.91. The molecule has 0 aliphatic carbocycles. The van der Waals surface area contributed by atoms with Gasteiger partial charge in [0.25, 0.3) is 0 Å². The van der Waals surface area contributed by atoms with E-state index in [1.165, 1.54) is 6.08 Å². The summed E-state index contributed by atoms with van der Waals surface area (Å²) in [7, 11) is 1.61. The fourth-order valence-electron chi connectivity index (χ4n) is 4.06. The van der Waals surface area contributed by atoms with Crippen LogP contribution in [-0.4, -0.2) is 66.7 Å². The van der Waals surface area contributed by atoms with E-state index in [9.17, 15) is 9.90 Å². The van der Waals surface area contributed by atoms with Crippen LogP contribution in [0.3, 0.4) is 0 Å². The maximum atomic E-state index is 12.2. The average molecular weight is 470 g/mol. The van der Waals surface area contributed by atoms with Gasteiger partial charge in [0.2, 0.25) is 5.91 Å². The summed E-state index contributed by atoms with van der Waals surface area (Å²) < 4.78 is 17.1. The van der Waals surface area contributed by atoms with Crippen molar-refractivity contribution >= 4 is 17.5 Å². The number of aliphatic hydroxyl groups is 1. The molecule has 2 heterocycles. The highest BCUT2D eigenvalue weighted by Gasteiger charge is 2.34. The number of allylic oxidation sites excluding steroid dienone is 2. The lowest BCUT2D eigenvalue weighted by Gasteiger charge is -2.39. The molecule has 182 valence electrons. The van der Waals surface area contributed by atoms with Gasteiger partial charge in [0.1, 0.15) is 0 Å². The number of hydrogen-bond acceptors (Lipinski definition) is 5. The summed E-state index contributed by atoms with van der Waals surface area (Å²) in [4.78, 5) is 12.2. The topological polar surface area (TPSA) is 77.0 Å². The van der Waals surface area contributed by atoms with Crippen LogP contribution in [0.25, 0.3) is 0 Å². The molecule has 0 aromatic heterocycles. The molecule has 7 atom stereocenters. The first kappa shape index (κ1) is 27.1. The molecule has 7 heteroatoms. The first-order chi connectivity index (χ1) is 15.2. The molecule has 2 aliphatic heterocycles. The minimum Gasteiger partial charge on any atom is -0.388 e. The van der Waals surface area contributed by atoms with Crippen LogP contribution >= 0.6 is 11.6 Å². The molecule has 6 nitrogen and oxygen atoms in total. The van der Waals surface area contributed by atoms with E-state index in [0.717, 1.165) is 18.4 Å². The van der Waals surface area contributed by atoms with Crippen molar-refractivity contribution in [2.75, 3.05) is 19.6 Å². The summed E-state index contributed by atoms with van der Waals surface area (Å²) >= 11 is 5.90. The van der Waals surface area contributed by atoms with Gasteiger partial charge in [0.15, 0.2) is 0 Å². The molecule has 2 N–H and O–H groups in total. The summed E-state index contributed by atoms with van der Waals surface area (Å²) in [5.74, 6) is 0.438. The van der Waals surface area contributed by atoms with Crippen LogP contribution in [0.15, 0.2) is 36.0 Å². The second-order valence-corrected chi connectivity index (χ2v) is 9.54. The number of methoxy groups -OCH3 is 1. The molecular weight excluding hydrogens is 430 g/mol. The summed E-state index contributed by atoms with van der Waals surface area (Å²) in [6.07, 6.45) is 12.1. The Morgan fingerprint density at radius 1 is 1.38 bits per heavy atom. The number of ether oxygens (including phenoxy) is 3. The molecule has 7 unspecified atom stereocenters. The van der Waals surface area contributed by atoms with E-state index in [2.05, 4.69) is 25.2 Å². The predicted octanol–water partition coefficient (Wildman–Crippen LogP) is 3.92. The number of nitrogens with one attached hydrogen (secondary N) is 1. The van der Waals surface area contributed by atoms with Gasteiger partial charge in [-0.05, 0) is 39.5 Å². The third-order valence-electron chi connectivity index (χ3n) is 6.41. The molecule has 1 amide bonds. The summed E-state index contributed by atoms with van der Waals surface area (Å²) in [6, 6.07) is -0.00893. The quantitative estimate of drug-likeness (QED) is 0.304. The maximum Gasteiger partial charge on any atom is 0.244 e. The highest BCUT2D eigenvalue weighted by Crippen LogP contribution is 2.29. The molecule has 0 bridgehead atoms. The SMILES string of the molecule is COC(C)/C=C\C(=O)NC1CC(C)C(C/C=C(C)/C=C/C2CC(O)(CCl)CCO2)OC1C. The van der Waals surface area contributed by atoms with Crippen LogP contribution in [-0.2, 0) is 19.0 Å². The molecule has 2 fully saturated rings. The molecule has 0 aromatic rings. The molecule has 0 spiro atoms. The zero-order valence-corrected chi connectivity index (χ0v) is 20.8. The van der Waals surface area contributed by atoms with Crippen molar-refractivity contribution in [1.82, 2.24) is 5.32 Å². The van der Waals surface area contributed by atoms with Crippen molar-refractivity contribution in [3.8, 4) is 0 Å². The normalized spacial score (nSPS) is 35.3. The van der Waals surface area contributed by atoms with E-state index in [0.29, 0.717) is 25.4 Å². The van der Waals surface area contributed by atoms with Crippen LogP contribution in [0.1, 0.15) is 53.4 Å². The van der Waals surface area contributed by atoms with Crippen molar-refractivity contribution in [2.45, 2.75) is 89.4 Å². The average Bonchev–Trinajstić information content (AvgIpc) is 2.77. The molecule has 0 radical (unpaired) electrons. The number of amides is 1. The van der Waals surface area contributed by atoms with Crippen molar-refractivity contribution in [2.24, 2.45) is 5.92 Å². The number of rotatable bonds is 9. The van der Waals surface area contributed by atoms with Gasteiger partial charge in [-0.3, -0.25) is 4.79 Å². The second-order valence-electron chi connectivity index (χ2n) is 9.27. The first-order valence-corrected chi connectivity index (χ1v) is 12.1. The highest BCUT2D eigenvalue weighted by atomic mass is 35.5. The third kappa shape index (κ3) is 8.64. The van der Waals surface area contributed by atoms with Gasteiger partial charge in [-0.1, -0.05) is 36.8 Å². The Bertz CT molecular complexity index is 694. The van der Waals surface area contributed by atoms with E-state index in [1.54, 1.807) is 13.2 Å². The molecule has 0 aromatic carbocycles. The number of carbonyl (C=O) groups is 1. The molecule has 0 saturated carbocycles. The fourth-order valence-corrected chi connectivity index (χ4v) is 4.30. The Hall–Kier alpha value is -1.18. The number of alkyl halides is 1. The van der Waals surface area contributed by atoms with Gasteiger partial charge >= 0.3 is 0 Å². The monoisotopic (exact) mass is 469 g/mol. The summed E-state index contributed by atoms with van der Waals surface area (Å²) in [5.41, 5.74) is 0.294. The Kier molecular flexibility index (Phi) is 10.9. The lowest BCUT2D eigenvalue weighted by molar-refractivity contribution is -0.123. The number of hydrogen-bond donors (Lipinski definition) is 2. The van der Waals surface area contributed by atoms with E-state index < -0.39 is 5.60 Å². The van der Waals surface area contributed by atoms with Crippen molar-refractivity contribution in [3.63, 3.8) is 0 Å². The summed E-state index contributed by atoms with van der Waals surface area (Å²) in [6.45, 7) is 8.64. The Balaban J connectivity index is 1.83. The zero-order valence-electron chi connectivity index (χ0n) is 20.1. The van der Waals surface area contributed by atoms with Gasteiger partial charge in [-0.15, -0.1) is 11.6 Å². The summed E-state index contributed by atoms with van der Waals surface area (Å²) in [5, 5.41) is 13.4. The Morgan fingerprint density at radius 2 is 2.12 bits per heavy atom. The van der Waals surface area contributed by atoms with Crippen molar-refractivity contribution < 1.29 is 24.1 Å². The Labute approximate surface area is 198 Å². The predicted molar refractivity (Wildman–Crippen MR) is 128 cm³/mol. The lowest BCUT2D eigenvalue weighted by Crippen LogP contribution is -2.50.